The molecule has 1 atom stereocenters. The Morgan fingerprint density at radius 2 is 1.81 bits per heavy atom. The van der Waals surface area contributed by atoms with Crippen LogP contribution in [0.3, 0.4) is 0 Å². The third-order valence-electron chi connectivity index (χ3n) is 7.87. The van der Waals surface area contributed by atoms with Crippen LogP contribution in [-0.4, -0.2) is 61.5 Å². The molecule has 2 fully saturated rings. The smallest absolute Gasteiger partial charge is 0.223 e. The SMILES string of the molecule is CC(C)=C(O/C(C)=C(\C)CN1CCC(C(=O)NCCCN2CCCC(C)C2)CC1)c1c(C)cccc1Cl. The van der Waals surface area contributed by atoms with Gasteiger partial charge in [0.2, 0.25) is 5.91 Å². The molecule has 1 N–H and O–H groups in total. The molecule has 0 bridgehead atoms. The fourth-order valence-electron chi connectivity index (χ4n) is 5.51. The summed E-state index contributed by atoms with van der Waals surface area (Å²) in [5.41, 5.74) is 4.38. The van der Waals surface area contributed by atoms with Crippen molar-refractivity contribution >= 4 is 23.3 Å². The van der Waals surface area contributed by atoms with E-state index in [-0.39, 0.29) is 11.8 Å². The van der Waals surface area contributed by atoms with Gasteiger partial charge >= 0.3 is 0 Å². The minimum Gasteiger partial charge on any atom is -0.461 e. The topological polar surface area (TPSA) is 44.8 Å². The Balaban J connectivity index is 1.44. The average Bonchev–Trinajstić information content (AvgIpc) is 2.86. The van der Waals surface area contributed by atoms with Gasteiger partial charge in [0.15, 0.2) is 0 Å². The van der Waals surface area contributed by atoms with Gasteiger partial charge in [0, 0.05) is 31.1 Å². The Labute approximate surface area is 230 Å². The second-order valence-corrected chi connectivity index (χ2v) is 11.8. The average molecular weight is 530 g/mol. The molecule has 2 aliphatic rings. The minimum absolute atomic E-state index is 0.133. The highest BCUT2D eigenvalue weighted by atomic mass is 35.5. The standard InChI is InChI=1S/C31H48ClN3O2/c1-22(2)30(29-24(4)11-7-12-28(29)32)37-26(6)25(5)21-35-18-13-27(14-19-35)31(36)33-15-9-17-34-16-8-10-23(3)20-34/h7,11-12,23,27H,8-10,13-21H2,1-6H3,(H,33,36)/b26-25+. The molecule has 1 amide bonds. The lowest BCUT2D eigenvalue weighted by Gasteiger charge is -2.32. The molecule has 0 spiro atoms. The van der Waals surface area contributed by atoms with Crippen LogP contribution < -0.4 is 5.32 Å². The third kappa shape index (κ3) is 8.87. The normalized spacial score (nSPS) is 20.4. The number of ether oxygens (including phenoxy) is 1. The van der Waals surface area contributed by atoms with Crippen molar-refractivity contribution in [2.75, 3.05) is 45.8 Å². The number of amides is 1. The van der Waals surface area contributed by atoms with Crippen LogP contribution in [-0.2, 0) is 9.53 Å². The molecule has 1 aromatic carbocycles. The Hall–Kier alpha value is -1.82. The van der Waals surface area contributed by atoms with Gasteiger partial charge in [-0.15, -0.1) is 0 Å². The van der Waals surface area contributed by atoms with Crippen molar-refractivity contribution in [1.29, 1.82) is 0 Å². The lowest BCUT2D eigenvalue weighted by atomic mass is 9.95. The molecule has 37 heavy (non-hydrogen) atoms. The molecule has 3 rings (SSSR count). The summed E-state index contributed by atoms with van der Waals surface area (Å²) >= 11 is 6.53. The van der Waals surface area contributed by atoms with Crippen molar-refractivity contribution in [3.05, 3.63) is 51.3 Å². The van der Waals surface area contributed by atoms with Crippen LogP contribution >= 0.6 is 11.6 Å². The largest absolute Gasteiger partial charge is 0.461 e. The Morgan fingerprint density at radius 3 is 2.46 bits per heavy atom. The minimum atomic E-state index is 0.133. The van der Waals surface area contributed by atoms with E-state index in [0.717, 1.165) is 86.1 Å². The number of aryl methyl sites for hydroxylation is 1. The van der Waals surface area contributed by atoms with E-state index in [4.69, 9.17) is 16.3 Å². The van der Waals surface area contributed by atoms with Crippen LogP contribution in [0.5, 0.6) is 0 Å². The molecule has 2 saturated heterocycles. The summed E-state index contributed by atoms with van der Waals surface area (Å²) in [7, 11) is 0. The summed E-state index contributed by atoms with van der Waals surface area (Å²) in [6.07, 6.45) is 5.54. The first-order valence-electron chi connectivity index (χ1n) is 14.1. The van der Waals surface area contributed by atoms with E-state index in [2.05, 4.69) is 55.8 Å². The summed E-state index contributed by atoms with van der Waals surface area (Å²) < 4.78 is 6.41. The number of carbonyl (C=O) groups is 1. The molecule has 5 nitrogen and oxygen atoms in total. The van der Waals surface area contributed by atoms with Crippen LogP contribution in [0.25, 0.3) is 5.76 Å². The number of halogens is 1. The molecular weight excluding hydrogens is 482 g/mol. The first kappa shape index (κ1) is 29.7. The van der Waals surface area contributed by atoms with Gasteiger partial charge in [-0.1, -0.05) is 30.7 Å². The predicted octanol–water partition coefficient (Wildman–Crippen LogP) is 6.66. The molecule has 0 radical (unpaired) electrons. The Morgan fingerprint density at radius 1 is 1.08 bits per heavy atom. The molecule has 0 aromatic heterocycles. The van der Waals surface area contributed by atoms with E-state index in [1.165, 1.54) is 31.5 Å². The third-order valence-corrected chi connectivity index (χ3v) is 8.18. The highest BCUT2D eigenvalue weighted by Gasteiger charge is 2.25. The first-order chi connectivity index (χ1) is 17.7. The zero-order valence-electron chi connectivity index (χ0n) is 24.0. The fraction of sp³-hybridized carbons (Fsp3) is 0.645. The van der Waals surface area contributed by atoms with Gasteiger partial charge in [0.1, 0.15) is 11.5 Å². The van der Waals surface area contributed by atoms with E-state index in [0.29, 0.717) is 5.02 Å². The summed E-state index contributed by atoms with van der Waals surface area (Å²) in [4.78, 5) is 17.7. The lowest BCUT2D eigenvalue weighted by Crippen LogP contribution is -2.42. The van der Waals surface area contributed by atoms with Crippen LogP contribution in [0.1, 0.15) is 77.8 Å². The molecule has 206 valence electrons. The van der Waals surface area contributed by atoms with Crippen molar-refractivity contribution in [1.82, 2.24) is 15.1 Å². The quantitative estimate of drug-likeness (QED) is 0.272. The summed E-state index contributed by atoms with van der Waals surface area (Å²) in [5.74, 6) is 2.93. The molecule has 1 aromatic rings. The summed E-state index contributed by atoms with van der Waals surface area (Å²) in [5, 5.41) is 3.92. The van der Waals surface area contributed by atoms with Crippen molar-refractivity contribution in [2.24, 2.45) is 11.8 Å². The van der Waals surface area contributed by atoms with E-state index in [9.17, 15) is 4.79 Å². The van der Waals surface area contributed by atoms with Crippen LogP contribution in [0.2, 0.25) is 5.02 Å². The summed E-state index contributed by atoms with van der Waals surface area (Å²) in [6, 6.07) is 5.95. The molecule has 6 heteroatoms. The van der Waals surface area contributed by atoms with Gasteiger partial charge in [-0.05, 0) is 122 Å². The van der Waals surface area contributed by atoms with Crippen LogP contribution in [0.15, 0.2) is 35.1 Å². The highest BCUT2D eigenvalue weighted by Crippen LogP contribution is 2.32. The number of carbonyl (C=O) groups excluding carboxylic acids is 1. The van der Waals surface area contributed by atoms with Crippen molar-refractivity contribution in [2.45, 2.75) is 73.6 Å². The number of rotatable bonds is 10. The van der Waals surface area contributed by atoms with Gasteiger partial charge in [0.05, 0.1) is 5.02 Å². The summed E-state index contributed by atoms with van der Waals surface area (Å²) in [6.45, 7) is 19.7. The van der Waals surface area contributed by atoms with Crippen molar-refractivity contribution in [3.8, 4) is 0 Å². The highest BCUT2D eigenvalue weighted by molar-refractivity contribution is 6.32. The predicted molar refractivity (Wildman–Crippen MR) is 156 cm³/mol. The van der Waals surface area contributed by atoms with Gasteiger partial charge in [-0.3, -0.25) is 9.69 Å². The van der Waals surface area contributed by atoms with E-state index in [1.807, 2.05) is 19.1 Å². The number of likely N-dealkylation sites (tertiary alicyclic amines) is 2. The van der Waals surface area contributed by atoms with Crippen LogP contribution in [0, 0.1) is 18.8 Å². The Bertz CT molecular complexity index is 954. The number of hydrogen-bond acceptors (Lipinski definition) is 4. The number of allylic oxidation sites excluding steroid dienone is 2. The zero-order valence-corrected chi connectivity index (χ0v) is 24.7. The molecule has 1 unspecified atom stereocenters. The zero-order chi connectivity index (χ0) is 26.9. The number of nitrogens with one attached hydrogen (secondary N) is 1. The molecule has 0 saturated carbocycles. The molecule has 2 aliphatic heterocycles. The van der Waals surface area contributed by atoms with Crippen molar-refractivity contribution < 1.29 is 9.53 Å². The maximum Gasteiger partial charge on any atom is 0.223 e. The van der Waals surface area contributed by atoms with Crippen LogP contribution in [0.4, 0.5) is 0 Å². The molecular formula is C31H48ClN3O2. The van der Waals surface area contributed by atoms with Gasteiger partial charge in [-0.25, -0.2) is 0 Å². The lowest BCUT2D eigenvalue weighted by molar-refractivity contribution is -0.126. The number of benzene rings is 1. The number of piperidine rings is 2. The van der Waals surface area contributed by atoms with Gasteiger partial charge < -0.3 is 15.0 Å². The first-order valence-corrected chi connectivity index (χ1v) is 14.5. The number of nitrogens with zero attached hydrogens (tertiary/aromatic N) is 2. The maximum atomic E-state index is 12.7. The van der Waals surface area contributed by atoms with Gasteiger partial charge in [0.25, 0.3) is 0 Å². The Kier molecular flexibility index (Phi) is 11.5. The molecule has 2 heterocycles. The monoisotopic (exact) mass is 529 g/mol. The molecule has 0 aliphatic carbocycles. The second-order valence-electron chi connectivity index (χ2n) is 11.4. The van der Waals surface area contributed by atoms with Crippen molar-refractivity contribution in [3.63, 3.8) is 0 Å². The van der Waals surface area contributed by atoms with Gasteiger partial charge in [-0.2, -0.15) is 0 Å². The fourth-order valence-corrected chi connectivity index (χ4v) is 5.82. The van der Waals surface area contributed by atoms with E-state index < -0.39 is 0 Å². The van der Waals surface area contributed by atoms with E-state index in [1.54, 1.807) is 0 Å². The van der Waals surface area contributed by atoms with E-state index >= 15 is 0 Å². The second kappa shape index (κ2) is 14.4. The maximum absolute atomic E-state index is 12.7. The number of hydrogen-bond donors (Lipinski definition) is 1.